The van der Waals surface area contributed by atoms with Crippen LogP contribution in [-0.2, 0) is 16.4 Å². The van der Waals surface area contributed by atoms with Crippen LogP contribution in [0.4, 0.5) is 5.13 Å². The number of nitrogens with zero attached hydrogens (tertiary/aromatic N) is 1. The maximum absolute atomic E-state index is 12.6. The molecule has 8 nitrogen and oxygen atoms in total. The standard InChI is InChI=1S/C21H23N3O5S2/c1-14-13-30-21(23-14)24-20(25)16-5-7-17(8-6-16)31(26,27)22-11-10-15-4-9-18(28-2)19(12-15)29-3/h4-9,12-13,22H,10-11H2,1-3H3,(H,23,24,25). The molecule has 0 aliphatic heterocycles. The average Bonchev–Trinajstić information content (AvgIpc) is 3.18. The number of sulfonamides is 1. The van der Waals surface area contributed by atoms with Crippen molar-refractivity contribution in [3.8, 4) is 11.5 Å². The molecule has 0 aliphatic carbocycles. The first-order chi connectivity index (χ1) is 14.8. The minimum absolute atomic E-state index is 0.0847. The fourth-order valence-corrected chi connectivity index (χ4v) is 4.53. The van der Waals surface area contributed by atoms with Gasteiger partial charge in [0.05, 0.1) is 24.8 Å². The summed E-state index contributed by atoms with van der Waals surface area (Å²) in [7, 11) is -0.601. The van der Waals surface area contributed by atoms with Gasteiger partial charge in [-0.25, -0.2) is 18.1 Å². The third-order valence-corrected chi connectivity index (χ3v) is 6.77. The second-order valence-corrected chi connectivity index (χ2v) is 9.23. The van der Waals surface area contributed by atoms with Crippen LogP contribution in [0.15, 0.2) is 52.7 Å². The van der Waals surface area contributed by atoms with Gasteiger partial charge in [0.15, 0.2) is 16.6 Å². The van der Waals surface area contributed by atoms with Crippen LogP contribution < -0.4 is 19.5 Å². The second kappa shape index (κ2) is 9.90. The SMILES string of the molecule is COc1ccc(CCNS(=O)(=O)c2ccc(C(=O)Nc3nc(C)cs3)cc2)cc1OC. The maximum atomic E-state index is 12.6. The number of hydrogen-bond acceptors (Lipinski definition) is 7. The molecular formula is C21H23N3O5S2. The van der Waals surface area contributed by atoms with Crippen LogP contribution in [0.2, 0.25) is 0 Å². The molecule has 2 N–H and O–H groups in total. The van der Waals surface area contributed by atoms with E-state index in [1.54, 1.807) is 20.3 Å². The molecule has 0 aliphatic rings. The fraction of sp³-hybridized carbons (Fsp3) is 0.238. The quantitative estimate of drug-likeness (QED) is 0.507. The largest absolute Gasteiger partial charge is 0.493 e. The van der Waals surface area contributed by atoms with Gasteiger partial charge in [-0.2, -0.15) is 0 Å². The van der Waals surface area contributed by atoms with E-state index in [0.29, 0.717) is 28.6 Å². The Morgan fingerprint density at radius 1 is 1.06 bits per heavy atom. The van der Waals surface area contributed by atoms with Crippen LogP contribution in [0, 0.1) is 6.92 Å². The Hall–Kier alpha value is -2.95. The topological polar surface area (TPSA) is 107 Å². The zero-order valence-corrected chi connectivity index (χ0v) is 19.0. The highest BCUT2D eigenvalue weighted by Crippen LogP contribution is 2.27. The first-order valence-corrected chi connectivity index (χ1v) is 11.7. The van der Waals surface area contributed by atoms with Crippen LogP contribution in [0.3, 0.4) is 0 Å². The van der Waals surface area contributed by atoms with Gasteiger partial charge in [0.2, 0.25) is 10.0 Å². The zero-order chi connectivity index (χ0) is 22.4. The molecule has 0 saturated heterocycles. The normalized spacial score (nSPS) is 11.2. The predicted octanol–water partition coefficient (Wildman–Crippen LogP) is 3.24. The lowest BCUT2D eigenvalue weighted by molar-refractivity contribution is 0.102. The molecule has 1 heterocycles. The van der Waals surface area contributed by atoms with Crippen molar-refractivity contribution in [1.82, 2.24) is 9.71 Å². The zero-order valence-electron chi connectivity index (χ0n) is 17.3. The van der Waals surface area contributed by atoms with E-state index in [-0.39, 0.29) is 17.3 Å². The molecule has 3 rings (SSSR count). The number of aryl methyl sites for hydroxylation is 1. The molecule has 10 heteroatoms. The molecule has 0 unspecified atom stereocenters. The lowest BCUT2D eigenvalue weighted by Gasteiger charge is -2.10. The number of carbonyl (C=O) groups excluding carboxylic acids is 1. The number of rotatable bonds is 9. The number of hydrogen-bond donors (Lipinski definition) is 2. The molecule has 164 valence electrons. The van der Waals surface area contributed by atoms with Crippen LogP contribution in [-0.4, -0.2) is 40.1 Å². The van der Waals surface area contributed by atoms with Crippen molar-refractivity contribution >= 4 is 32.4 Å². The average molecular weight is 462 g/mol. The summed E-state index contributed by atoms with van der Waals surface area (Å²) >= 11 is 1.33. The summed E-state index contributed by atoms with van der Waals surface area (Å²) in [5.41, 5.74) is 2.07. The van der Waals surface area contributed by atoms with Gasteiger partial charge in [-0.1, -0.05) is 6.07 Å². The Bertz CT molecular complexity index is 1160. The van der Waals surface area contributed by atoms with Crippen molar-refractivity contribution in [1.29, 1.82) is 0 Å². The smallest absolute Gasteiger partial charge is 0.257 e. The lowest BCUT2D eigenvalue weighted by atomic mass is 10.1. The van der Waals surface area contributed by atoms with E-state index in [1.807, 2.05) is 24.4 Å². The van der Waals surface area contributed by atoms with Crippen molar-refractivity contribution in [3.63, 3.8) is 0 Å². The molecule has 1 amide bonds. The van der Waals surface area contributed by atoms with Crippen molar-refractivity contribution < 1.29 is 22.7 Å². The van der Waals surface area contributed by atoms with Crippen LogP contribution in [0.25, 0.3) is 0 Å². The molecule has 0 saturated carbocycles. The number of carbonyl (C=O) groups is 1. The third kappa shape index (κ3) is 5.81. The first-order valence-electron chi connectivity index (χ1n) is 9.36. The Labute approximate surface area is 185 Å². The molecule has 0 bridgehead atoms. The van der Waals surface area contributed by atoms with Gasteiger partial charge in [-0.15, -0.1) is 11.3 Å². The fourth-order valence-electron chi connectivity index (χ4n) is 2.82. The van der Waals surface area contributed by atoms with E-state index < -0.39 is 10.0 Å². The maximum Gasteiger partial charge on any atom is 0.257 e. The van der Waals surface area contributed by atoms with E-state index in [9.17, 15) is 13.2 Å². The van der Waals surface area contributed by atoms with Gasteiger partial charge in [-0.05, 0) is 55.3 Å². The highest BCUT2D eigenvalue weighted by Gasteiger charge is 2.15. The number of benzene rings is 2. The summed E-state index contributed by atoms with van der Waals surface area (Å²) in [6.07, 6.45) is 0.479. The molecule has 0 atom stereocenters. The van der Waals surface area contributed by atoms with Gasteiger partial charge in [0, 0.05) is 17.5 Å². The third-order valence-electron chi connectivity index (χ3n) is 4.42. The molecular weight excluding hydrogens is 438 g/mol. The van der Waals surface area contributed by atoms with Crippen LogP contribution in [0.1, 0.15) is 21.6 Å². The molecule has 0 radical (unpaired) electrons. The number of thiazole rings is 1. The number of aromatic nitrogens is 1. The van der Waals surface area contributed by atoms with Crippen molar-refractivity contribution in [2.24, 2.45) is 0 Å². The molecule has 1 aromatic heterocycles. The Morgan fingerprint density at radius 2 is 1.77 bits per heavy atom. The number of amides is 1. The van der Waals surface area contributed by atoms with Gasteiger partial charge in [0.25, 0.3) is 5.91 Å². The Morgan fingerprint density at radius 3 is 2.39 bits per heavy atom. The summed E-state index contributed by atoms with van der Waals surface area (Å²) in [6, 6.07) is 11.2. The molecule has 0 spiro atoms. The second-order valence-electron chi connectivity index (χ2n) is 6.61. The first kappa shape index (κ1) is 22.7. The highest BCUT2D eigenvalue weighted by molar-refractivity contribution is 7.89. The number of nitrogens with one attached hydrogen (secondary N) is 2. The van der Waals surface area contributed by atoms with Gasteiger partial charge in [0.1, 0.15) is 0 Å². The van der Waals surface area contributed by atoms with Crippen molar-refractivity contribution in [2.45, 2.75) is 18.2 Å². The van der Waals surface area contributed by atoms with Gasteiger partial charge >= 0.3 is 0 Å². The summed E-state index contributed by atoms with van der Waals surface area (Å²) in [5.74, 6) is 0.852. The van der Waals surface area contributed by atoms with Crippen molar-refractivity contribution in [3.05, 3.63) is 64.7 Å². The van der Waals surface area contributed by atoms with Gasteiger partial charge in [-0.3, -0.25) is 10.1 Å². The van der Waals surface area contributed by atoms with Crippen LogP contribution >= 0.6 is 11.3 Å². The summed E-state index contributed by atoms with van der Waals surface area (Å²) in [5, 5.41) is 5.02. The minimum Gasteiger partial charge on any atom is -0.493 e. The summed E-state index contributed by atoms with van der Waals surface area (Å²) in [6.45, 7) is 2.05. The molecule has 2 aromatic carbocycles. The monoisotopic (exact) mass is 461 g/mol. The highest BCUT2D eigenvalue weighted by atomic mass is 32.2. The Kier molecular flexibility index (Phi) is 7.26. The van der Waals surface area contributed by atoms with E-state index >= 15 is 0 Å². The van der Waals surface area contributed by atoms with E-state index in [0.717, 1.165) is 11.3 Å². The molecule has 3 aromatic rings. The van der Waals surface area contributed by atoms with Crippen LogP contribution in [0.5, 0.6) is 11.5 Å². The summed E-state index contributed by atoms with van der Waals surface area (Å²) < 4.78 is 38.1. The minimum atomic E-state index is -3.70. The molecule has 0 fully saturated rings. The number of anilines is 1. The van der Waals surface area contributed by atoms with E-state index in [2.05, 4.69) is 15.0 Å². The summed E-state index contributed by atoms with van der Waals surface area (Å²) in [4.78, 5) is 16.5. The van der Waals surface area contributed by atoms with E-state index in [1.165, 1.54) is 35.6 Å². The lowest BCUT2D eigenvalue weighted by Crippen LogP contribution is -2.26. The molecule has 31 heavy (non-hydrogen) atoms. The van der Waals surface area contributed by atoms with Gasteiger partial charge < -0.3 is 9.47 Å². The van der Waals surface area contributed by atoms with E-state index in [4.69, 9.17) is 9.47 Å². The Balaban J connectivity index is 1.59. The van der Waals surface area contributed by atoms with Crippen molar-refractivity contribution in [2.75, 3.05) is 26.1 Å². The predicted molar refractivity (Wildman–Crippen MR) is 120 cm³/mol. The number of methoxy groups -OCH3 is 2. The number of ether oxygens (including phenoxy) is 2.